The predicted octanol–water partition coefficient (Wildman–Crippen LogP) is 2.36. The number of nitrogens with zero attached hydrogens (tertiary/aromatic N) is 2. The topological polar surface area (TPSA) is 43.8 Å². The summed E-state index contributed by atoms with van der Waals surface area (Å²) in [6, 6.07) is 8.60. The molecule has 0 bridgehead atoms. The van der Waals surface area contributed by atoms with E-state index in [0.717, 1.165) is 5.69 Å². The first-order valence-corrected chi connectivity index (χ1v) is 5.91. The van der Waals surface area contributed by atoms with E-state index in [-0.39, 0.29) is 6.04 Å². The molecule has 1 heterocycles. The van der Waals surface area contributed by atoms with E-state index < -0.39 is 0 Å². The summed E-state index contributed by atoms with van der Waals surface area (Å²) in [4.78, 5) is 0. The smallest absolute Gasteiger partial charge is 0.0893 e. The lowest BCUT2D eigenvalue weighted by Crippen LogP contribution is -2.21. The van der Waals surface area contributed by atoms with Gasteiger partial charge in [-0.25, -0.2) is 0 Å². The average molecular weight is 229 g/mol. The third-order valence-electron chi connectivity index (χ3n) is 3.07. The highest BCUT2D eigenvalue weighted by Crippen LogP contribution is 2.21. The number of aromatic nitrogens is 2. The highest BCUT2D eigenvalue weighted by atomic mass is 15.3. The molecule has 0 saturated heterocycles. The minimum absolute atomic E-state index is 0.129. The fourth-order valence-corrected chi connectivity index (χ4v) is 2.18. The van der Waals surface area contributed by atoms with Crippen LogP contribution in [0.25, 0.3) is 0 Å². The largest absolute Gasteiger partial charge is 0.328 e. The molecule has 0 aliphatic heterocycles. The van der Waals surface area contributed by atoms with Gasteiger partial charge >= 0.3 is 0 Å². The zero-order valence-corrected chi connectivity index (χ0v) is 10.6. The quantitative estimate of drug-likeness (QED) is 0.878. The van der Waals surface area contributed by atoms with Crippen molar-refractivity contribution in [1.82, 2.24) is 9.78 Å². The van der Waals surface area contributed by atoms with Crippen LogP contribution in [0.1, 0.15) is 28.4 Å². The van der Waals surface area contributed by atoms with E-state index in [2.05, 4.69) is 37.1 Å². The summed E-state index contributed by atoms with van der Waals surface area (Å²) in [6.07, 6.45) is 1.99. The molecule has 0 aliphatic carbocycles. The minimum Gasteiger partial charge on any atom is -0.328 e. The van der Waals surface area contributed by atoms with Gasteiger partial charge in [0.15, 0.2) is 0 Å². The van der Waals surface area contributed by atoms with Crippen LogP contribution in [0.15, 0.2) is 30.5 Å². The standard InChI is InChI=1S/C14H19N3/c1-10-4-5-13(11(2)8-10)14(9-15)17-7-6-12(3)16-17/h4-8,14H,9,15H2,1-3H3. The molecule has 1 aromatic heterocycles. The third kappa shape index (κ3) is 2.39. The number of hydrogen-bond donors (Lipinski definition) is 1. The number of aryl methyl sites for hydroxylation is 3. The van der Waals surface area contributed by atoms with Crippen LogP contribution in [0.3, 0.4) is 0 Å². The van der Waals surface area contributed by atoms with Crippen LogP contribution in [0.2, 0.25) is 0 Å². The first-order valence-electron chi connectivity index (χ1n) is 5.91. The van der Waals surface area contributed by atoms with Crippen LogP contribution in [0.5, 0.6) is 0 Å². The predicted molar refractivity (Wildman–Crippen MR) is 70.1 cm³/mol. The van der Waals surface area contributed by atoms with E-state index in [1.54, 1.807) is 0 Å². The van der Waals surface area contributed by atoms with Gasteiger partial charge in [0.2, 0.25) is 0 Å². The Morgan fingerprint density at radius 3 is 2.53 bits per heavy atom. The Hall–Kier alpha value is -1.61. The molecule has 1 unspecified atom stereocenters. The van der Waals surface area contributed by atoms with E-state index in [1.807, 2.05) is 23.9 Å². The second-order valence-electron chi connectivity index (χ2n) is 4.55. The van der Waals surface area contributed by atoms with E-state index in [4.69, 9.17) is 5.73 Å². The monoisotopic (exact) mass is 229 g/mol. The molecule has 17 heavy (non-hydrogen) atoms. The van der Waals surface area contributed by atoms with E-state index >= 15 is 0 Å². The Kier molecular flexibility index (Phi) is 3.29. The lowest BCUT2D eigenvalue weighted by atomic mass is 9.99. The first-order chi connectivity index (χ1) is 8.11. The molecule has 90 valence electrons. The Balaban J connectivity index is 2.42. The van der Waals surface area contributed by atoms with Crippen LogP contribution >= 0.6 is 0 Å². The van der Waals surface area contributed by atoms with Gasteiger partial charge < -0.3 is 5.73 Å². The number of benzene rings is 1. The van der Waals surface area contributed by atoms with Gasteiger partial charge in [-0.05, 0) is 38.0 Å². The third-order valence-corrected chi connectivity index (χ3v) is 3.07. The number of rotatable bonds is 3. The molecule has 2 aromatic rings. The van der Waals surface area contributed by atoms with Gasteiger partial charge in [-0.2, -0.15) is 5.10 Å². The molecule has 0 fully saturated rings. The van der Waals surface area contributed by atoms with Gasteiger partial charge in [0.1, 0.15) is 0 Å². The lowest BCUT2D eigenvalue weighted by molar-refractivity contribution is 0.526. The first kappa shape index (κ1) is 11.9. The molecular weight excluding hydrogens is 210 g/mol. The van der Waals surface area contributed by atoms with Crippen molar-refractivity contribution >= 4 is 0 Å². The molecule has 0 amide bonds. The normalized spacial score (nSPS) is 12.7. The molecule has 3 nitrogen and oxygen atoms in total. The molecule has 0 saturated carbocycles. The van der Waals surface area contributed by atoms with Crippen molar-refractivity contribution < 1.29 is 0 Å². The van der Waals surface area contributed by atoms with Gasteiger partial charge in [-0.3, -0.25) is 4.68 Å². The zero-order valence-electron chi connectivity index (χ0n) is 10.6. The molecule has 2 rings (SSSR count). The molecule has 0 aliphatic rings. The average Bonchev–Trinajstić information content (AvgIpc) is 2.69. The van der Waals surface area contributed by atoms with Crippen LogP contribution in [-0.4, -0.2) is 16.3 Å². The zero-order chi connectivity index (χ0) is 12.4. The van der Waals surface area contributed by atoms with Gasteiger partial charge in [0.05, 0.1) is 11.7 Å². The summed E-state index contributed by atoms with van der Waals surface area (Å²) in [5, 5.41) is 4.46. The van der Waals surface area contributed by atoms with Gasteiger partial charge in [-0.1, -0.05) is 23.8 Å². The van der Waals surface area contributed by atoms with Crippen molar-refractivity contribution in [2.45, 2.75) is 26.8 Å². The Morgan fingerprint density at radius 2 is 2.00 bits per heavy atom. The number of nitrogens with two attached hydrogens (primary N) is 1. The molecule has 0 radical (unpaired) electrons. The Morgan fingerprint density at radius 1 is 1.24 bits per heavy atom. The van der Waals surface area contributed by atoms with Gasteiger partial charge in [0.25, 0.3) is 0 Å². The fourth-order valence-electron chi connectivity index (χ4n) is 2.18. The summed E-state index contributed by atoms with van der Waals surface area (Å²) in [6.45, 7) is 6.78. The van der Waals surface area contributed by atoms with Crippen LogP contribution < -0.4 is 5.73 Å². The Labute approximate surface area is 102 Å². The van der Waals surface area contributed by atoms with Crippen LogP contribution in [0.4, 0.5) is 0 Å². The molecule has 2 N–H and O–H groups in total. The second kappa shape index (κ2) is 4.72. The maximum atomic E-state index is 5.89. The lowest BCUT2D eigenvalue weighted by Gasteiger charge is -2.18. The Bertz CT molecular complexity index is 514. The van der Waals surface area contributed by atoms with E-state index in [0.29, 0.717) is 6.54 Å². The number of hydrogen-bond acceptors (Lipinski definition) is 2. The molecule has 0 spiro atoms. The molecule has 3 heteroatoms. The van der Waals surface area contributed by atoms with Crippen molar-refractivity contribution in [2.75, 3.05) is 6.54 Å². The van der Waals surface area contributed by atoms with Crippen molar-refractivity contribution in [3.05, 3.63) is 52.8 Å². The summed E-state index contributed by atoms with van der Waals surface area (Å²) in [5.74, 6) is 0. The molecule has 1 aromatic carbocycles. The van der Waals surface area contributed by atoms with E-state index in [1.165, 1.54) is 16.7 Å². The van der Waals surface area contributed by atoms with Gasteiger partial charge in [0, 0.05) is 12.7 Å². The van der Waals surface area contributed by atoms with Crippen molar-refractivity contribution in [3.63, 3.8) is 0 Å². The summed E-state index contributed by atoms with van der Waals surface area (Å²) in [7, 11) is 0. The van der Waals surface area contributed by atoms with Crippen molar-refractivity contribution in [1.29, 1.82) is 0 Å². The highest BCUT2D eigenvalue weighted by Gasteiger charge is 2.14. The minimum atomic E-state index is 0.129. The van der Waals surface area contributed by atoms with Crippen molar-refractivity contribution in [2.24, 2.45) is 5.73 Å². The summed E-state index contributed by atoms with van der Waals surface area (Å²) in [5.41, 5.74) is 10.7. The van der Waals surface area contributed by atoms with E-state index in [9.17, 15) is 0 Å². The SMILES string of the molecule is Cc1ccc(C(CN)n2ccc(C)n2)c(C)c1. The van der Waals surface area contributed by atoms with Gasteiger partial charge in [-0.15, -0.1) is 0 Å². The second-order valence-corrected chi connectivity index (χ2v) is 4.55. The molecule has 1 atom stereocenters. The maximum absolute atomic E-state index is 5.89. The summed E-state index contributed by atoms with van der Waals surface area (Å²) >= 11 is 0. The molecular formula is C14H19N3. The fraction of sp³-hybridized carbons (Fsp3) is 0.357. The van der Waals surface area contributed by atoms with Crippen molar-refractivity contribution in [3.8, 4) is 0 Å². The van der Waals surface area contributed by atoms with Crippen LogP contribution in [-0.2, 0) is 0 Å². The van der Waals surface area contributed by atoms with Crippen LogP contribution in [0, 0.1) is 20.8 Å². The maximum Gasteiger partial charge on any atom is 0.0893 e. The highest BCUT2D eigenvalue weighted by molar-refractivity contribution is 5.33. The summed E-state index contributed by atoms with van der Waals surface area (Å²) < 4.78 is 1.95.